The Bertz CT molecular complexity index is 678. The molecule has 3 rings (SSSR count). The molecule has 0 spiro atoms. The number of piperidine rings is 1. The number of hydrogen-bond acceptors (Lipinski definition) is 5. The number of amides is 1. The van der Waals surface area contributed by atoms with E-state index in [1.165, 1.54) is 25.7 Å². The third kappa shape index (κ3) is 4.54. The summed E-state index contributed by atoms with van der Waals surface area (Å²) < 4.78 is 10.4. The minimum absolute atomic E-state index is 0.103. The lowest BCUT2D eigenvalue weighted by Crippen LogP contribution is -2.51. The molecule has 1 aromatic carbocycles. The molecule has 6 nitrogen and oxygen atoms in total. The van der Waals surface area contributed by atoms with Gasteiger partial charge in [-0.3, -0.25) is 4.79 Å². The largest absolute Gasteiger partial charge is 0.482 e. The van der Waals surface area contributed by atoms with Gasteiger partial charge in [-0.05, 0) is 55.9 Å². The molecule has 0 radical (unpaired) electrons. The number of nitriles is 1. The number of rotatable bonds is 5. The standard InChI is InChI=1S/C20H24N2O4/c21-12-15-7-9-17(10-8-15)25-14-20(24)26-13-19(23)22-11-3-5-16-4-1-2-6-18(16)22/h7-10,16,18H,1-6,11,13-14H2/t16-,18-/m1/s1. The van der Waals surface area contributed by atoms with Gasteiger partial charge in [-0.1, -0.05) is 12.8 Å². The Balaban J connectivity index is 1.43. The van der Waals surface area contributed by atoms with Gasteiger partial charge >= 0.3 is 5.97 Å². The van der Waals surface area contributed by atoms with Crippen LogP contribution in [0.25, 0.3) is 0 Å². The van der Waals surface area contributed by atoms with Crippen LogP contribution in [0.2, 0.25) is 0 Å². The van der Waals surface area contributed by atoms with Gasteiger partial charge < -0.3 is 14.4 Å². The number of hydrogen-bond donors (Lipinski definition) is 0. The van der Waals surface area contributed by atoms with Crippen molar-refractivity contribution in [3.05, 3.63) is 29.8 Å². The summed E-state index contributed by atoms with van der Waals surface area (Å²) >= 11 is 0. The average Bonchev–Trinajstić information content (AvgIpc) is 2.70. The Morgan fingerprint density at radius 2 is 1.81 bits per heavy atom. The number of fused-ring (bicyclic) bond motifs is 1. The molecule has 138 valence electrons. The van der Waals surface area contributed by atoms with Crippen molar-refractivity contribution in [2.24, 2.45) is 5.92 Å². The fourth-order valence-corrected chi connectivity index (χ4v) is 3.97. The van der Waals surface area contributed by atoms with Gasteiger partial charge in [-0.15, -0.1) is 0 Å². The number of ether oxygens (including phenoxy) is 2. The van der Waals surface area contributed by atoms with Gasteiger partial charge in [0.25, 0.3) is 5.91 Å². The highest BCUT2D eigenvalue weighted by Crippen LogP contribution is 2.35. The van der Waals surface area contributed by atoms with Crippen LogP contribution in [0.4, 0.5) is 0 Å². The SMILES string of the molecule is N#Cc1ccc(OCC(=O)OCC(=O)N2CCC[C@H]3CCCC[C@H]32)cc1. The third-order valence-corrected chi connectivity index (χ3v) is 5.26. The maximum Gasteiger partial charge on any atom is 0.344 e. The maximum absolute atomic E-state index is 12.5. The monoisotopic (exact) mass is 356 g/mol. The number of carbonyl (C=O) groups is 2. The van der Waals surface area contributed by atoms with Crippen molar-refractivity contribution in [3.63, 3.8) is 0 Å². The van der Waals surface area contributed by atoms with Gasteiger partial charge in [0.15, 0.2) is 13.2 Å². The molecule has 0 aromatic heterocycles. The third-order valence-electron chi connectivity index (χ3n) is 5.26. The van der Waals surface area contributed by atoms with E-state index in [4.69, 9.17) is 14.7 Å². The fourth-order valence-electron chi connectivity index (χ4n) is 3.97. The van der Waals surface area contributed by atoms with Gasteiger partial charge in [0.1, 0.15) is 5.75 Å². The van der Waals surface area contributed by atoms with E-state index in [1.54, 1.807) is 24.3 Å². The van der Waals surface area contributed by atoms with Crippen LogP contribution in [0.5, 0.6) is 5.75 Å². The average molecular weight is 356 g/mol. The molecule has 1 saturated heterocycles. The predicted octanol–water partition coefficient (Wildman–Crippen LogP) is 2.66. The number of likely N-dealkylation sites (tertiary alicyclic amines) is 1. The quantitative estimate of drug-likeness (QED) is 0.758. The minimum atomic E-state index is -0.570. The second kappa shape index (κ2) is 8.70. The number of esters is 1. The van der Waals surface area contributed by atoms with E-state index in [9.17, 15) is 9.59 Å². The molecular formula is C20H24N2O4. The van der Waals surface area contributed by atoms with Crippen LogP contribution in [-0.2, 0) is 14.3 Å². The van der Waals surface area contributed by atoms with E-state index in [1.807, 2.05) is 11.0 Å². The molecule has 26 heavy (non-hydrogen) atoms. The molecule has 1 amide bonds. The molecule has 1 saturated carbocycles. The van der Waals surface area contributed by atoms with E-state index in [-0.39, 0.29) is 19.1 Å². The summed E-state index contributed by atoms with van der Waals surface area (Å²) in [7, 11) is 0. The van der Waals surface area contributed by atoms with Gasteiger partial charge in [-0.25, -0.2) is 4.79 Å². The first kappa shape index (κ1) is 18.2. The fraction of sp³-hybridized carbons (Fsp3) is 0.550. The van der Waals surface area contributed by atoms with Crippen LogP contribution in [0, 0.1) is 17.2 Å². The van der Waals surface area contributed by atoms with E-state index >= 15 is 0 Å². The first-order valence-electron chi connectivity index (χ1n) is 9.25. The topological polar surface area (TPSA) is 79.6 Å². The summed E-state index contributed by atoms with van der Waals surface area (Å²) in [6, 6.07) is 8.79. The van der Waals surface area contributed by atoms with Crippen molar-refractivity contribution in [3.8, 4) is 11.8 Å². The molecule has 0 N–H and O–H groups in total. The van der Waals surface area contributed by atoms with Gasteiger partial charge in [0.2, 0.25) is 0 Å². The Labute approximate surface area is 153 Å². The lowest BCUT2D eigenvalue weighted by molar-refractivity contribution is -0.156. The van der Waals surface area contributed by atoms with E-state index in [0.29, 0.717) is 23.3 Å². The van der Waals surface area contributed by atoms with Crippen LogP contribution in [0.1, 0.15) is 44.1 Å². The summed E-state index contributed by atoms with van der Waals surface area (Å²) in [5.74, 6) is 0.415. The second-order valence-electron chi connectivity index (χ2n) is 6.93. The Hall–Kier alpha value is -2.55. The van der Waals surface area contributed by atoms with Crippen molar-refractivity contribution < 1.29 is 19.1 Å². The van der Waals surface area contributed by atoms with Gasteiger partial charge in [-0.2, -0.15) is 5.26 Å². The van der Waals surface area contributed by atoms with Crippen LogP contribution >= 0.6 is 0 Å². The lowest BCUT2D eigenvalue weighted by Gasteiger charge is -2.44. The molecule has 2 aliphatic rings. The molecule has 0 bridgehead atoms. The molecule has 1 heterocycles. The van der Waals surface area contributed by atoms with E-state index in [0.717, 1.165) is 19.4 Å². The van der Waals surface area contributed by atoms with Gasteiger partial charge in [0, 0.05) is 12.6 Å². The summed E-state index contributed by atoms with van der Waals surface area (Å²) in [5, 5.41) is 8.75. The second-order valence-corrected chi connectivity index (χ2v) is 6.93. The highest BCUT2D eigenvalue weighted by molar-refractivity contribution is 5.81. The highest BCUT2D eigenvalue weighted by Gasteiger charge is 2.35. The summed E-state index contributed by atoms with van der Waals surface area (Å²) in [4.78, 5) is 26.2. The zero-order valence-electron chi connectivity index (χ0n) is 14.9. The molecule has 2 fully saturated rings. The summed E-state index contributed by atoms with van der Waals surface area (Å²) in [6.45, 7) is 0.281. The van der Waals surface area contributed by atoms with Crippen molar-refractivity contribution in [1.82, 2.24) is 4.90 Å². The van der Waals surface area contributed by atoms with Crippen molar-refractivity contribution in [2.75, 3.05) is 19.8 Å². The van der Waals surface area contributed by atoms with E-state index < -0.39 is 5.97 Å². The first-order chi connectivity index (χ1) is 12.7. The molecule has 1 aliphatic carbocycles. The first-order valence-corrected chi connectivity index (χ1v) is 9.25. The molecule has 2 atom stereocenters. The van der Waals surface area contributed by atoms with Crippen LogP contribution in [-0.4, -0.2) is 42.6 Å². The minimum Gasteiger partial charge on any atom is -0.482 e. The summed E-state index contributed by atoms with van der Waals surface area (Å²) in [6.07, 6.45) is 6.92. The van der Waals surface area contributed by atoms with E-state index in [2.05, 4.69) is 0 Å². The van der Waals surface area contributed by atoms with Crippen LogP contribution < -0.4 is 4.74 Å². The predicted molar refractivity (Wildman–Crippen MR) is 94.3 cm³/mol. The maximum atomic E-state index is 12.5. The van der Waals surface area contributed by atoms with Crippen LogP contribution in [0.3, 0.4) is 0 Å². The normalized spacial score (nSPS) is 22.0. The van der Waals surface area contributed by atoms with Crippen molar-refractivity contribution in [1.29, 1.82) is 5.26 Å². The number of benzene rings is 1. The molecule has 6 heteroatoms. The Morgan fingerprint density at radius 1 is 1.08 bits per heavy atom. The van der Waals surface area contributed by atoms with Crippen molar-refractivity contribution >= 4 is 11.9 Å². The Morgan fingerprint density at radius 3 is 2.58 bits per heavy atom. The number of nitrogens with zero attached hydrogens (tertiary/aromatic N) is 2. The zero-order valence-corrected chi connectivity index (χ0v) is 14.9. The Kier molecular flexibility index (Phi) is 6.11. The smallest absolute Gasteiger partial charge is 0.344 e. The highest BCUT2D eigenvalue weighted by atomic mass is 16.6. The molecule has 0 unspecified atom stereocenters. The molecular weight excluding hydrogens is 332 g/mol. The summed E-state index contributed by atoms with van der Waals surface area (Å²) in [5.41, 5.74) is 0.521. The van der Waals surface area contributed by atoms with Crippen LogP contribution in [0.15, 0.2) is 24.3 Å². The van der Waals surface area contributed by atoms with Gasteiger partial charge in [0.05, 0.1) is 11.6 Å². The van der Waals surface area contributed by atoms with Crippen molar-refractivity contribution in [2.45, 2.75) is 44.6 Å². The molecule has 1 aliphatic heterocycles. The zero-order chi connectivity index (χ0) is 18.4. The molecule has 1 aromatic rings. The lowest BCUT2D eigenvalue weighted by atomic mass is 9.78. The number of carbonyl (C=O) groups excluding carboxylic acids is 2.